The number of ether oxygens (including phenoxy) is 3. The van der Waals surface area contributed by atoms with Gasteiger partial charge in [-0.15, -0.1) is 0 Å². The van der Waals surface area contributed by atoms with Gasteiger partial charge >= 0.3 is 0 Å². The third-order valence-corrected chi connectivity index (χ3v) is 7.83. The van der Waals surface area contributed by atoms with Crippen LogP contribution in [0.4, 0.5) is 5.69 Å². The Morgan fingerprint density at radius 2 is 1.88 bits per heavy atom. The monoisotopic (exact) mass is 595 g/mol. The maximum atomic E-state index is 13.7. The molecule has 4 rings (SSSR count). The van der Waals surface area contributed by atoms with Gasteiger partial charge in [0.1, 0.15) is 11.8 Å². The number of carbonyl (C=O) groups excluding carboxylic acids is 2. The molecular weight excluding hydrogens is 558 g/mol. The molecule has 3 N–H and O–H groups in total. The lowest BCUT2D eigenvalue weighted by Crippen LogP contribution is -2.40. The van der Waals surface area contributed by atoms with E-state index in [1.165, 1.54) is 13.0 Å². The number of hydrogen-bond acceptors (Lipinski definition) is 9. The maximum Gasteiger partial charge on any atom is 0.242 e. The van der Waals surface area contributed by atoms with E-state index in [1.54, 1.807) is 57.6 Å². The number of hydrogen-bond donors (Lipinski definition) is 3. The highest BCUT2D eigenvalue weighted by atomic mass is 32.2. The normalized spacial score (nSPS) is 14.5. The lowest BCUT2D eigenvalue weighted by Gasteiger charge is -2.19. The fourth-order valence-electron chi connectivity index (χ4n) is 5.23. The third kappa shape index (κ3) is 6.84. The molecule has 0 aliphatic heterocycles. The zero-order valence-corrected chi connectivity index (χ0v) is 25.3. The Kier molecular flexibility index (Phi) is 10.4. The van der Waals surface area contributed by atoms with E-state index in [0.717, 1.165) is 11.1 Å². The molecule has 42 heavy (non-hydrogen) atoms. The van der Waals surface area contributed by atoms with Gasteiger partial charge in [0.25, 0.3) is 0 Å². The van der Waals surface area contributed by atoms with Crippen molar-refractivity contribution in [3.8, 4) is 28.4 Å². The van der Waals surface area contributed by atoms with E-state index >= 15 is 0 Å². The molecule has 2 aromatic carbocycles. The predicted octanol–water partition coefficient (Wildman–Crippen LogP) is 4.31. The molecule has 10 nitrogen and oxygen atoms in total. The summed E-state index contributed by atoms with van der Waals surface area (Å²) >= 11 is 1.61. The summed E-state index contributed by atoms with van der Waals surface area (Å²) in [7, 11) is 4.66. The van der Waals surface area contributed by atoms with Crippen molar-refractivity contribution in [2.45, 2.75) is 44.8 Å². The first-order chi connectivity index (χ1) is 20.3. The molecule has 1 aliphatic carbocycles. The van der Waals surface area contributed by atoms with Gasteiger partial charge in [-0.2, -0.15) is 11.8 Å². The highest BCUT2D eigenvalue weighted by molar-refractivity contribution is 7.98. The number of benzene rings is 1. The minimum atomic E-state index is -0.653. The largest absolute Gasteiger partial charge is 0.493 e. The van der Waals surface area contributed by atoms with Crippen LogP contribution in [0.5, 0.6) is 17.2 Å². The van der Waals surface area contributed by atoms with Crippen LogP contribution in [0.25, 0.3) is 11.1 Å². The first kappa shape index (κ1) is 30.8. The van der Waals surface area contributed by atoms with E-state index in [2.05, 4.69) is 16.0 Å². The second-order valence-corrected chi connectivity index (χ2v) is 10.9. The van der Waals surface area contributed by atoms with Crippen molar-refractivity contribution < 1.29 is 28.2 Å². The zero-order valence-electron chi connectivity index (χ0n) is 24.5. The van der Waals surface area contributed by atoms with Gasteiger partial charge in [-0.3, -0.25) is 14.4 Å². The summed E-state index contributed by atoms with van der Waals surface area (Å²) in [6.07, 6.45) is 5.17. The van der Waals surface area contributed by atoms with Crippen LogP contribution < -0.4 is 35.6 Å². The Morgan fingerprint density at radius 3 is 2.52 bits per heavy atom. The molecule has 1 heterocycles. The Bertz CT molecular complexity index is 1480. The molecule has 0 bridgehead atoms. The number of nitrogens with one attached hydrogen (secondary N) is 3. The highest BCUT2D eigenvalue weighted by Crippen LogP contribution is 2.50. The Hall–Kier alpha value is -4.12. The molecule has 0 spiro atoms. The average molecular weight is 596 g/mol. The number of furan rings is 1. The second kappa shape index (κ2) is 14.2. The van der Waals surface area contributed by atoms with Gasteiger partial charge in [-0.25, -0.2) is 0 Å². The summed E-state index contributed by atoms with van der Waals surface area (Å²) in [5, 5.41) is 9.08. The third-order valence-electron chi connectivity index (χ3n) is 7.19. The first-order valence-electron chi connectivity index (χ1n) is 13.6. The number of rotatable bonds is 12. The molecule has 0 fully saturated rings. The Balaban J connectivity index is 1.81. The molecule has 0 saturated heterocycles. The van der Waals surface area contributed by atoms with Gasteiger partial charge in [0.05, 0.1) is 45.9 Å². The maximum absolute atomic E-state index is 13.7. The van der Waals surface area contributed by atoms with Crippen LogP contribution in [0, 0.1) is 0 Å². The number of methoxy groups -OCH3 is 3. The lowest BCUT2D eigenvalue weighted by atomic mass is 9.95. The number of anilines is 1. The lowest BCUT2D eigenvalue weighted by molar-refractivity contribution is -0.122. The van der Waals surface area contributed by atoms with E-state index in [0.29, 0.717) is 59.2 Å². The van der Waals surface area contributed by atoms with Crippen molar-refractivity contribution in [3.05, 3.63) is 69.8 Å². The fourth-order valence-corrected chi connectivity index (χ4v) is 5.70. The molecule has 2 atom stereocenters. The van der Waals surface area contributed by atoms with Crippen LogP contribution in [0.1, 0.15) is 42.7 Å². The standard InChI is InChI=1S/C31H37N3O7S/c1-18(35)33-23-10-8-19-15-27(38-2)29(39-3)30(40-4)28(19)21-9-11-24(26(36)16-22(21)23)34-25(12-14-42-5)31(37)32-17-20-7-6-13-41-20/h6-7,9,11,13,15-16,23,25H,8,10,12,14,17H2,1-5H3,(H,32,37)(H,33,35)(H,34,36). The van der Waals surface area contributed by atoms with Crippen LogP contribution >= 0.6 is 11.8 Å². The molecule has 2 unspecified atom stereocenters. The smallest absolute Gasteiger partial charge is 0.242 e. The molecule has 1 aromatic heterocycles. The second-order valence-electron chi connectivity index (χ2n) is 9.87. The van der Waals surface area contributed by atoms with Crippen molar-refractivity contribution >= 4 is 29.3 Å². The van der Waals surface area contributed by atoms with Crippen LogP contribution in [0.3, 0.4) is 0 Å². The highest BCUT2D eigenvalue weighted by Gasteiger charge is 2.30. The summed E-state index contributed by atoms with van der Waals surface area (Å²) in [6.45, 7) is 1.70. The van der Waals surface area contributed by atoms with Crippen LogP contribution in [0.2, 0.25) is 0 Å². The van der Waals surface area contributed by atoms with Crippen LogP contribution in [-0.2, 0) is 22.6 Å². The molecule has 2 amide bonds. The predicted molar refractivity (Wildman–Crippen MR) is 164 cm³/mol. The molecule has 0 saturated carbocycles. The van der Waals surface area contributed by atoms with Gasteiger partial charge in [0, 0.05) is 12.5 Å². The number of carbonyl (C=O) groups is 2. The van der Waals surface area contributed by atoms with Crippen LogP contribution in [0.15, 0.2) is 51.9 Å². The number of thioether (sulfide) groups is 1. The minimum Gasteiger partial charge on any atom is -0.493 e. The van der Waals surface area contributed by atoms with Crippen molar-refractivity contribution in [3.63, 3.8) is 0 Å². The average Bonchev–Trinajstić information content (AvgIpc) is 3.40. The fraction of sp³-hybridized carbons (Fsp3) is 0.387. The summed E-state index contributed by atoms with van der Waals surface area (Å²) in [5.74, 6) is 2.33. The summed E-state index contributed by atoms with van der Waals surface area (Å²) < 4.78 is 22.4. The molecular formula is C31H37N3O7S. The van der Waals surface area contributed by atoms with Gasteiger partial charge < -0.3 is 34.6 Å². The van der Waals surface area contributed by atoms with Crippen molar-refractivity contribution in [2.24, 2.45) is 0 Å². The molecule has 3 aromatic rings. The van der Waals surface area contributed by atoms with Crippen molar-refractivity contribution in [1.82, 2.24) is 10.6 Å². The van der Waals surface area contributed by atoms with E-state index in [-0.39, 0.29) is 29.5 Å². The molecule has 0 radical (unpaired) electrons. The SMILES string of the molecule is COc1cc2c(c(OC)c1OC)-c1ccc(NC(CCSC)C(=O)NCc3ccco3)c(=O)cc1C(NC(C)=O)CC2. The minimum absolute atomic E-state index is 0.207. The van der Waals surface area contributed by atoms with E-state index in [9.17, 15) is 14.4 Å². The Labute approximate surface area is 249 Å². The van der Waals surface area contributed by atoms with Crippen molar-refractivity contribution in [2.75, 3.05) is 38.7 Å². The summed E-state index contributed by atoms with van der Waals surface area (Å²) in [6, 6.07) is 9.42. The molecule has 11 heteroatoms. The van der Waals surface area contributed by atoms with Gasteiger partial charge in [-0.05, 0) is 78.3 Å². The number of amides is 2. The van der Waals surface area contributed by atoms with Gasteiger partial charge in [0.15, 0.2) is 11.5 Å². The quantitative estimate of drug-likeness (QED) is 0.281. The summed E-state index contributed by atoms with van der Waals surface area (Å²) in [5.41, 5.74) is 3.02. The summed E-state index contributed by atoms with van der Waals surface area (Å²) in [4.78, 5) is 39.1. The van der Waals surface area contributed by atoms with Crippen LogP contribution in [-0.4, -0.2) is 51.2 Å². The van der Waals surface area contributed by atoms with Gasteiger partial charge in [-0.1, -0.05) is 6.07 Å². The Morgan fingerprint density at radius 1 is 1.10 bits per heavy atom. The van der Waals surface area contributed by atoms with Crippen molar-refractivity contribution in [1.29, 1.82) is 0 Å². The number of aryl methyl sites for hydroxylation is 1. The van der Waals surface area contributed by atoms with E-state index in [1.807, 2.05) is 18.4 Å². The number of fused-ring (bicyclic) bond motifs is 3. The van der Waals surface area contributed by atoms with E-state index < -0.39 is 12.1 Å². The molecule has 1 aliphatic rings. The zero-order chi connectivity index (χ0) is 30.2. The van der Waals surface area contributed by atoms with E-state index in [4.69, 9.17) is 18.6 Å². The first-order valence-corrected chi connectivity index (χ1v) is 15.0. The molecule has 224 valence electrons. The topological polar surface area (TPSA) is 128 Å². The van der Waals surface area contributed by atoms with Gasteiger partial charge in [0.2, 0.25) is 23.0 Å².